The van der Waals surface area contributed by atoms with E-state index in [1.165, 1.54) is 24.3 Å². The van der Waals surface area contributed by atoms with Crippen molar-refractivity contribution in [3.05, 3.63) is 29.8 Å². The summed E-state index contributed by atoms with van der Waals surface area (Å²) in [5.41, 5.74) is 0.335. The summed E-state index contributed by atoms with van der Waals surface area (Å²) in [6, 6.07) is 4.50. The number of aromatic carboxylic acids is 1. The zero-order valence-corrected chi connectivity index (χ0v) is 10.4. The normalized spacial score (nSPS) is 10.4. The van der Waals surface area contributed by atoms with Crippen LogP contribution in [0.1, 0.15) is 10.4 Å². The molecule has 0 aliphatic heterocycles. The van der Waals surface area contributed by atoms with Gasteiger partial charge in [-0.05, 0) is 24.3 Å². The molecule has 6 nitrogen and oxygen atoms in total. The predicted octanol–water partition coefficient (Wildman–Crippen LogP) is 1.16. The highest BCUT2D eigenvalue weighted by Gasteiger charge is 2.16. The van der Waals surface area contributed by atoms with E-state index in [9.17, 15) is 18.4 Å². The standard InChI is InChI=1S/C12H14F2N2O4/c13-10(14)7-15-12(20)16(5-6-17)9-3-1-8(2-4-9)11(18)19/h1-4,10,17H,5-7H2,(H,15,20)(H,18,19). The Kier molecular flexibility index (Phi) is 5.85. The van der Waals surface area contributed by atoms with Crippen LogP contribution >= 0.6 is 0 Å². The predicted molar refractivity (Wildman–Crippen MR) is 67.2 cm³/mol. The van der Waals surface area contributed by atoms with Crippen LogP contribution in [-0.2, 0) is 0 Å². The SMILES string of the molecule is O=C(O)c1ccc(N(CCO)C(=O)NCC(F)F)cc1. The third kappa shape index (κ3) is 4.47. The van der Waals surface area contributed by atoms with Gasteiger partial charge in [0.25, 0.3) is 6.43 Å². The van der Waals surface area contributed by atoms with Crippen molar-refractivity contribution in [3.8, 4) is 0 Å². The van der Waals surface area contributed by atoms with Crippen molar-refractivity contribution in [2.24, 2.45) is 0 Å². The molecular weight excluding hydrogens is 274 g/mol. The van der Waals surface area contributed by atoms with Gasteiger partial charge in [0.05, 0.1) is 25.3 Å². The number of anilines is 1. The lowest BCUT2D eigenvalue weighted by molar-refractivity contribution is 0.0697. The summed E-state index contributed by atoms with van der Waals surface area (Å²) < 4.78 is 24.1. The number of rotatable bonds is 6. The van der Waals surface area contributed by atoms with Crippen molar-refractivity contribution in [2.45, 2.75) is 6.43 Å². The van der Waals surface area contributed by atoms with Gasteiger partial charge in [0.1, 0.15) is 0 Å². The monoisotopic (exact) mass is 288 g/mol. The van der Waals surface area contributed by atoms with Crippen molar-refractivity contribution in [1.82, 2.24) is 5.32 Å². The topological polar surface area (TPSA) is 89.9 Å². The van der Waals surface area contributed by atoms with Gasteiger partial charge in [-0.2, -0.15) is 0 Å². The molecule has 20 heavy (non-hydrogen) atoms. The summed E-state index contributed by atoms with van der Waals surface area (Å²) in [6.45, 7) is -1.25. The van der Waals surface area contributed by atoms with Crippen LogP contribution in [0.25, 0.3) is 0 Å². The average molecular weight is 288 g/mol. The minimum absolute atomic E-state index is 0.0330. The summed E-state index contributed by atoms with van der Waals surface area (Å²) in [5.74, 6) is -1.12. The van der Waals surface area contributed by atoms with Crippen LogP contribution in [0.4, 0.5) is 19.3 Å². The van der Waals surface area contributed by atoms with Crippen LogP contribution in [0.3, 0.4) is 0 Å². The molecule has 110 valence electrons. The zero-order valence-electron chi connectivity index (χ0n) is 10.4. The molecular formula is C12H14F2N2O4. The van der Waals surface area contributed by atoms with Gasteiger partial charge < -0.3 is 15.5 Å². The number of halogens is 2. The minimum Gasteiger partial charge on any atom is -0.478 e. The van der Waals surface area contributed by atoms with Crippen LogP contribution in [0.2, 0.25) is 0 Å². The summed E-state index contributed by atoms with van der Waals surface area (Å²) in [4.78, 5) is 23.5. The van der Waals surface area contributed by atoms with Crippen molar-refractivity contribution < 1.29 is 28.6 Å². The van der Waals surface area contributed by atoms with E-state index in [0.29, 0.717) is 5.69 Å². The number of carboxylic acid groups (broad SMARTS) is 1. The summed E-state index contributed by atoms with van der Waals surface area (Å²) in [6.07, 6.45) is -2.68. The maximum Gasteiger partial charge on any atom is 0.335 e. The Hall–Kier alpha value is -2.22. The second-order valence-electron chi connectivity index (χ2n) is 3.80. The molecule has 0 atom stereocenters. The van der Waals surface area contributed by atoms with E-state index in [0.717, 1.165) is 4.90 Å². The van der Waals surface area contributed by atoms with Crippen LogP contribution < -0.4 is 10.2 Å². The van der Waals surface area contributed by atoms with E-state index in [4.69, 9.17) is 10.2 Å². The molecule has 8 heteroatoms. The fourth-order valence-electron chi connectivity index (χ4n) is 1.49. The van der Waals surface area contributed by atoms with Crippen molar-refractivity contribution >= 4 is 17.7 Å². The summed E-state index contributed by atoms with van der Waals surface area (Å²) >= 11 is 0. The lowest BCUT2D eigenvalue weighted by atomic mass is 10.2. The highest BCUT2D eigenvalue weighted by molar-refractivity contribution is 5.93. The van der Waals surface area contributed by atoms with Crippen molar-refractivity contribution in [1.29, 1.82) is 0 Å². The number of carbonyl (C=O) groups excluding carboxylic acids is 1. The number of hydrogen-bond donors (Lipinski definition) is 3. The third-order valence-electron chi connectivity index (χ3n) is 2.40. The summed E-state index contributed by atoms with van der Waals surface area (Å²) in [7, 11) is 0. The lowest BCUT2D eigenvalue weighted by Crippen LogP contribution is -2.43. The largest absolute Gasteiger partial charge is 0.478 e. The van der Waals surface area contributed by atoms with Crippen LogP contribution in [-0.4, -0.2) is 48.3 Å². The fraction of sp³-hybridized carbons (Fsp3) is 0.333. The molecule has 0 fully saturated rings. The number of alkyl halides is 2. The first-order valence-corrected chi connectivity index (χ1v) is 5.73. The Labute approximate surface area is 113 Å². The van der Waals surface area contributed by atoms with Gasteiger partial charge in [-0.25, -0.2) is 18.4 Å². The highest BCUT2D eigenvalue weighted by Crippen LogP contribution is 2.15. The number of carbonyl (C=O) groups is 2. The lowest BCUT2D eigenvalue weighted by Gasteiger charge is -2.22. The Morgan fingerprint density at radius 3 is 2.30 bits per heavy atom. The molecule has 0 spiro atoms. The molecule has 0 aromatic heterocycles. The van der Waals surface area contributed by atoms with Gasteiger partial charge in [0.2, 0.25) is 0 Å². The van der Waals surface area contributed by atoms with E-state index in [2.05, 4.69) is 0 Å². The second-order valence-corrected chi connectivity index (χ2v) is 3.80. The van der Waals surface area contributed by atoms with Crippen molar-refractivity contribution in [2.75, 3.05) is 24.6 Å². The van der Waals surface area contributed by atoms with Gasteiger partial charge in [-0.15, -0.1) is 0 Å². The minimum atomic E-state index is -2.68. The second kappa shape index (κ2) is 7.39. The first kappa shape index (κ1) is 15.8. The van der Waals surface area contributed by atoms with E-state index in [-0.39, 0.29) is 18.7 Å². The van der Waals surface area contributed by atoms with Gasteiger partial charge in [-0.3, -0.25) is 4.90 Å². The van der Waals surface area contributed by atoms with Gasteiger partial charge >= 0.3 is 12.0 Å². The van der Waals surface area contributed by atoms with Crippen LogP contribution in [0.15, 0.2) is 24.3 Å². The van der Waals surface area contributed by atoms with E-state index in [1.54, 1.807) is 0 Å². The number of hydrogen-bond acceptors (Lipinski definition) is 3. The molecule has 0 unspecified atom stereocenters. The molecule has 0 heterocycles. The molecule has 0 aliphatic carbocycles. The number of nitrogens with one attached hydrogen (secondary N) is 1. The highest BCUT2D eigenvalue weighted by atomic mass is 19.3. The molecule has 1 aromatic carbocycles. The van der Waals surface area contributed by atoms with Crippen LogP contribution in [0.5, 0.6) is 0 Å². The third-order valence-corrected chi connectivity index (χ3v) is 2.40. The maximum atomic E-state index is 12.0. The van der Waals surface area contributed by atoms with E-state index >= 15 is 0 Å². The number of carboxylic acids is 1. The Morgan fingerprint density at radius 1 is 1.25 bits per heavy atom. The average Bonchev–Trinajstić information content (AvgIpc) is 2.42. The molecule has 1 aromatic rings. The number of urea groups is 1. The maximum absolute atomic E-state index is 12.0. The molecule has 0 saturated heterocycles. The van der Waals surface area contributed by atoms with E-state index < -0.39 is 25.0 Å². The molecule has 0 bridgehead atoms. The molecule has 2 amide bonds. The molecule has 0 radical (unpaired) electrons. The molecule has 1 rings (SSSR count). The van der Waals surface area contributed by atoms with Crippen molar-refractivity contribution in [3.63, 3.8) is 0 Å². The number of nitrogens with zero attached hydrogens (tertiary/aromatic N) is 1. The molecule has 0 saturated carbocycles. The zero-order chi connectivity index (χ0) is 15.1. The Morgan fingerprint density at radius 2 is 1.85 bits per heavy atom. The Bertz CT molecular complexity index is 465. The fourth-order valence-corrected chi connectivity index (χ4v) is 1.49. The molecule has 3 N–H and O–H groups in total. The van der Waals surface area contributed by atoms with Gasteiger partial charge in [0.15, 0.2) is 0 Å². The van der Waals surface area contributed by atoms with Crippen LogP contribution in [0, 0.1) is 0 Å². The number of aliphatic hydroxyl groups is 1. The van der Waals surface area contributed by atoms with Gasteiger partial charge in [-0.1, -0.05) is 0 Å². The quantitative estimate of drug-likeness (QED) is 0.732. The number of aliphatic hydroxyl groups excluding tert-OH is 1. The first-order chi connectivity index (χ1) is 9.45. The van der Waals surface area contributed by atoms with Gasteiger partial charge in [0, 0.05) is 5.69 Å². The summed E-state index contributed by atoms with van der Waals surface area (Å²) in [5, 5.41) is 19.7. The number of amides is 2. The first-order valence-electron chi connectivity index (χ1n) is 5.73. The number of benzene rings is 1. The molecule has 0 aliphatic rings. The smallest absolute Gasteiger partial charge is 0.335 e. The van der Waals surface area contributed by atoms with E-state index in [1.807, 2.05) is 5.32 Å². The Balaban J connectivity index is 2.84.